The van der Waals surface area contributed by atoms with Crippen LogP contribution in [0.2, 0.25) is 0 Å². The van der Waals surface area contributed by atoms with Gasteiger partial charge in [-0.2, -0.15) is 13.2 Å². The summed E-state index contributed by atoms with van der Waals surface area (Å²) in [7, 11) is 0. The molecule has 1 aliphatic heterocycles. The van der Waals surface area contributed by atoms with E-state index in [0.717, 1.165) is 10.4 Å². The number of aliphatic hydroxyl groups is 1. The number of nitrogens with zero attached hydrogens (tertiary/aromatic N) is 1. The van der Waals surface area contributed by atoms with Gasteiger partial charge in [0, 0.05) is 18.0 Å². The zero-order valence-corrected chi connectivity index (χ0v) is 13.0. The highest BCUT2D eigenvalue weighted by atomic mass is 32.1. The van der Waals surface area contributed by atoms with Gasteiger partial charge in [-0.3, -0.25) is 0 Å². The Morgan fingerprint density at radius 3 is 2.64 bits per heavy atom. The van der Waals surface area contributed by atoms with Crippen LogP contribution in [0.15, 0.2) is 11.4 Å². The van der Waals surface area contributed by atoms with E-state index in [9.17, 15) is 23.1 Å². The Morgan fingerprint density at radius 2 is 2.14 bits per heavy atom. The van der Waals surface area contributed by atoms with E-state index in [4.69, 9.17) is 0 Å². The molecule has 0 saturated carbocycles. The zero-order chi connectivity index (χ0) is 16.3. The molecule has 8 heteroatoms. The number of thiophene rings is 1. The maximum Gasteiger partial charge on any atom is 0.414 e. The second-order valence-electron chi connectivity index (χ2n) is 5.50. The first-order valence-electron chi connectivity index (χ1n) is 7.09. The fourth-order valence-electron chi connectivity index (χ4n) is 2.54. The molecule has 22 heavy (non-hydrogen) atoms. The third kappa shape index (κ3) is 4.13. The third-order valence-electron chi connectivity index (χ3n) is 3.98. The van der Waals surface area contributed by atoms with Crippen molar-refractivity contribution in [1.29, 1.82) is 0 Å². The number of alkyl halides is 3. The van der Waals surface area contributed by atoms with Crippen molar-refractivity contribution in [2.75, 3.05) is 13.1 Å². The van der Waals surface area contributed by atoms with Gasteiger partial charge in [0.1, 0.15) is 0 Å². The first-order valence-corrected chi connectivity index (χ1v) is 7.97. The van der Waals surface area contributed by atoms with Gasteiger partial charge in [-0.15, -0.1) is 11.3 Å². The van der Waals surface area contributed by atoms with Gasteiger partial charge in [0.2, 0.25) is 0 Å². The molecule has 1 aromatic heterocycles. The van der Waals surface area contributed by atoms with Crippen molar-refractivity contribution < 1.29 is 23.1 Å². The lowest BCUT2D eigenvalue weighted by Gasteiger charge is -2.34. The summed E-state index contributed by atoms with van der Waals surface area (Å²) in [5.74, 6) is -0.830. The van der Waals surface area contributed by atoms with Crippen molar-refractivity contribution >= 4 is 17.4 Å². The molecule has 124 valence electrons. The van der Waals surface area contributed by atoms with Crippen molar-refractivity contribution in [3.8, 4) is 0 Å². The van der Waals surface area contributed by atoms with Gasteiger partial charge in [-0.25, -0.2) is 4.79 Å². The van der Waals surface area contributed by atoms with Crippen LogP contribution in [0.5, 0.6) is 0 Å². The van der Waals surface area contributed by atoms with Crippen LogP contribution >= 0.6 is 11.3 Å². The fraction of sp³-hybridized carbons (Fsp3) is 0.643. The van der Waals surface area contributed by atoms with E-state index in [1.54, 1.807) is 11.3 Å². The van der Waals surface area contributed by atoms with Crippen LogP contribution in [0.25, 0.3) is 0 Å². The number of carbonyl (C=O) groups excluding carboxylic acids is 1. The van der Waals surface area contributed by atoms with E-state index in [-0.39, 0.29) is 32.0 Å². The van der Waals surface area contributed by atoms with E-state index in [1.807, 2.05) is 18.4 Å². The predicted molar refractivity (Wildman–Crippen MR) is 77.7 cm³/mol. The normalized spacial score (nSPS) is 18.3. The largest absolute Gasteiger partial charge is 0.414 e. The molecule has 1 fully saturated rings. The summed E-state index contributed by atoms with van der Waals surface area (Å²) in [6, 6.07) is 1.70. The maximum absolute atomic E-state index is 12.5. The van der Waals surface area contributed by atoms with Crippen LogP contribution in [0.1, 0.15) is 23.3 Å². The summed E-state index contributed by atoms with van der Waals surface area (Å²) in [6.07, 6.45) is -6.57. The minimum atomic E-state index is -4.59. The molecule has 2 amide bonds. The molecule has 2 N–H and O–H groups in total. The Balaban J connectivity index is 1.79. The highest BCUT2D eigenvalue weighted by Gasteiger charge is 2.44. The number of likely N-dealkylation sites (tertiary alicyclic amines) is 1. The first kappa shape index (κ1) is 17.1. The summed E-state index contributed by atoms with van der Waals surface area (Å²) in [5.41, 5.74) is 1.11. The number of amides is 2. The molecule has 0 bridgehead atoms. The number of piperidine rings is 1. The molecule has 2 heterocycles. The van der Waals surface area contributed by atoms with Gasteiger partial charge in [0.25, 0.3) is 0 Å². The molecule has 1 aliphatic rings. The number of rotatable bonds is 3. The SMILES string of the molecule is Cc1ccsc1CNC(=O)N1CCC(C(O)C(F)(F)F)CC1. The van der Waals surface area contributed by atoms with Gasteiger partial charge in [0.15, 0.2) is 6.10 Å². The van der Waals surface area contributed by atoms with Gasteiger partial charge in [0.05, 0.1) is 6.54 Å². The molecule has 1 saturated heterocycles. The average molecular weight is 336 g/mol. The Hall–Kier alpha value is -1.28. The van der Waals surface area contributed by atoms with Crippen molar-refractivity contribution in [2.45, 2.75) is 38.6 Å². The topological polar surface area (TPSA) is 52.6 Å². The van der Waals surface area contributed by atoms with E-state index >= 15 is 0 Å². The minimum absolute atomic E-state index is 0.159. The van der Waals surface area contributed by atoms with Gasteiger partial charge in [-0.05, 0) is 42.7 Å². The van der Waals surface area contributed by atoms with Crippen molar-refractivity contribution in [3.05, 3.63) is 21.9 Å². The van der Waals surface area contributed by atoms with Crippen LogP contribution < -0.4 is 5.32 Å². The molecule has 1 unspecified atom stereocenters. The summed E-state index contributed by atoms with van der Waals surface area (Å²) in [6.45, 7) is 2.84. The standard InChI is InChI=1S/C14H19F3N2O2S/c1-9-4-7-22-11(9)8-18-13(21)19-5-2-10(3-6-19)12(20)14(15,16)17/h4,7,10,12,20H,2-3,5-6,8H2,1H3,(H,18,21). The lowest BCUT2D eigenvalue weighted by molar-refractivity contribution is -0.222. The van der Waals surface area contributed by atoms with Crippen LogP contribution in [0, 0.1) is 12.8 Å². The van der Waals surface area contributed by atoms with Gasteiger partial charge >= 0.3 is 12.2 Å². The Kier molecular flexibility index (Phi) is 5.33. The van der Waals surface area contributed by atoms with E-state index < -0.39 is 18.2 Å². The predicted octanol–water partition coefficient (Wildman–Crippen LogP) is 2.90. The molecule has 0 aliphatic carbocycles. The number of aliphatic hydroxyl groups excluding tert-OH is 1. The molecule has 0 spiro atoms. The number of nitrogens with one attached hydrogen (secondary N) is 1. The number of urea groups is 1. The molecular weight excluding hydrogens is 317 g/mol. The summed E-state index contributed by atoms with van der Waals surface area (Å²) >= 11 is 1.55. The molecule has 4 nitrogen and oxygen atoms in total. The summed E-state index contributed by atoms with van der Waals surface area (Å²) < 4.78 is 37.4. The Bertz CT molecular complexity index is 510. The number of aryl methyl sites for hydroxylation is 1. The zero-order valence-electron chi connectivity index (χ0n) is 12.2. The smallest absolute Gasteiger partial charge is 0.383 e. The fourth-order valence-corrected chi connectivity index (χ4v) is 3.38. The molecule has 0 aromatic carbocycles. The van der Waals surface area contributed by atoms with Gasteiger partial charge < -0.3 is 15.3 Å². The Morgan fingerprint density at radius 1 is 1.50 bits per heavy atom. The molecule has 1 aromatic rings. The number of hydrogen-bond acceptors (Lipinski definition) is 3. The second kappa shape index (κ2) is 6.87. The molecule has 0 radical (unpaired) electrons. The maximum atomic E-state index is 12.5. The highest BCUT2D eigenvalue weighted by Crippen LogP contribution is 2.31. The van der Waals surface area contributed by atoms with Crippen molar-refractivity contribution in [2.24, 2.45) is 5.92 Å². The van der Waals surface area contributed by atoms with Crippen LogP contribution in [0.3, 0.4) is 0 Å². The quantitative estimate of drug-likeness (QED) is 0.892. The third-order valence-corrected chi connectivity index (χ3v) is 5.00. The van der Waals surface area contributed by atoms with Gasteiger partial charge in [-0.1, -0.05) is 0 Å². The number of carbonyl (C=O) groups is 1. The number of halogens is 3. The van der Waals surface area contributed by atoms with Crippen molar-refractivity contribution in [3.63, 3.8) is 0 Å². The van der Waals surface area contributed by atoms with Crippen LogP contribution in [-0.4, -0.2) is 41.4 Å². The first-order chi connectivity index (χ1) is 10.3. The minimum Gasteiger partial charge on any atom is -0.383 e. The Labute approximate surface area is 130 Å². The number of hydrogen-bond donors (Lipinski definition) is 2. The molecule has 1 atom stereocenters. The monoisotopic (exact) mass is 336 g/mol. The molecular formula is C14H19F3N2O2S. The highest BCUT2D eigenvalue weighted by molar-refractivity contribution is 7.10. The van der Waals surface area contributed by atoms with Crippen molar-refractivity contribution in [1.82, 2.24) is 10.2 Å². The molecule has 2 rings (SSSR count). The lowest BCUT2D eigenvalue weighted by atomic mass is 9.91. The van der Waals surface area contributed by atoms with Crippen LogP contribution in [-0.2, 0) is 6.54 Å². The lowest BCUT2D eigenvalue weighted by Crippen LogP contribution is -2.48. The van der Waals surface area contributed by atoms with E-state index in [0.29, 0.717) is 6.54 Å². The van der Waals surface area contributed by atoms with Crippen LogP contribution in [0.4, 0.5) is 18.0 Å². The van der Waals surface area contributed by atoms with E-state index in [1.165, 1.54) is 4.90 Å². The summed E-state index contributed by atoms with van der Waals surface area (Å²) in [4.78, 5) is 14.6. The average Bonchev–Trinajstić information content (AvgIpc) is 2.88. The van der Waals surface area contributed by atoms with E-state index in [2.05, 4.69) is 5.32 Å². The second-order valence-corrected chi connectivity index (χ2v) is 6.50. The summed E-state index contributed by atoms with van der Waals surface area (Å²) in [5, 5.41) is 14.0.